The second kappa shape index (κ2) is 5.11. The fourth-order valence-corrected chi connectivity index (χ4v) is 1.15. The SMILES string of the molecule is CC(=O)N(C)CC(=O)N(C)C[N+](C)(C)C. The Hall–Kier alpha value is -1.10. The van der Waals surface area contributed by atoms with Gasteiger partial charge in [-0.1, -0.05) is 0 Å². The molecule has 0 aromatic carbocycles. The zero-order valence-corrected chi connectivity index (χ0v) is 10.6. The van der Waals surface area contributed by atoms with E-state index in [0.29, 0.717) is 11.2 Å². The molecule has 0 heterocycles. The van der Waals surface area contributed by atoms with Crippen LogP contribution in [0.1, 0.15) is 6.92 Å². The molecule has 2 amide bonds. The second-order valence-corrected chi connectivity index (χ2v) is 4.90. The third kappa shape index (κ3) is 6.06. The quantitative estimate of drug-likeness (QED) is 0.473. The Bertz CT molecular complexity index is 246. The molecule has 0 aliphatic rings. The van der Waals surface area contributed by atoms with Crippen molar-refractivity contribution in [2.75, 3.05) is 48.5 Å². The molecule has 0 unspecified atom stereocenters. The standard InChI is InChI=1S/C10H22N3O2/c1-9(14)11(2)7-10(15)12(3)8-13(4,5)6/h7-8H2,1-6H3/q+1. The van der Waals surface area contributed by atoms with Gasteiger partial charge >= 0.3 is 0 Å². The average molecular weight is 216 g/mol. The molecular weight excluding hydrogens is 194 g/mol. The average Bonchev–Trinajstić information content (AvgIpc) is 2.00. The minimum atomic E-state index is -0.0954. The van der Waals surface area contributed by atoms with E-state index in [9.17, 15) is 9.59 Å². The van der Waals surface area contributed by atoms with Crippen molar-refractivity contribution in [3.63, 3.8) is 0 Å². The maximum absolute atomic E-state index is 11.7. The molecule has 5 heteroatoms. The first kappa shape index (κ1) is 13.9. The second-order valence-electron chi connectivity index (χ2n) is 4.90. The number of amides is 2. The van der Waals surface area contributed by atoms with E-state index >= 15 is 0 Å². The summed E-state index contributed by atoms with van der Waals surface area (Å²) in [5.41, 5.74) is 0. The summed E-state index contributed by atoms with van der Waals surface area (Å²) >= 11 is 0. The fraction of sp³-hybridized carbons (Fsp3) is 0.800. The summed E-state index contributed by atoms with van der Waals surface area (Å²) in [6, 6.07) is 0. The number of likely N-dealkylation sites (N-methyl/N-ethyl adjacent to an activating group) is 2. The Morgan fingerprint density at radius 3 is 1.87 bits per heavy atom. The highest BCUT2D eigenvalue weighted by Gasteiger charge is 2.18. The van der Waals surface area contributed by atoms with E-state index in [1.54, 1.807) is 19.0 Å². The summed E-state index contributed by atoms with van der Waals surface area (Å²) in [7, 11) is 9.41. The lowest BCUT2D eigenvalue weighted by Gasteiger charge is -2.30. The predicted octanol–water partition coefficient (Wildman–Crippen LogP) is -0.413. The molecule has 0 radical (unpaired) electrons. The van der Waals surface area contributed by atoms with Crippen LogP contribution >= 0.6 is 0 Å². The van der Waals surface area contributed by atoms with E-state index in [1.807, 2.05) is 21.1 Å². The summed E-state index contributed by atoms with van der Waals surface area (Å²) in [6.07, 6.45) is 0. The van der Waals surface area contributed by atoms with E-state index in [4.69, 9.17) is 0 Å². The van der Waals surface area contributed by atoms with Crippen LogP contribution in [0.4, 0.5) is 0 Å². The van der Waals surface area contributed by atoms with Crippen LogP contribution in [0.25, 0.3) is 0 Å². The maximum Gasteiger partial charge on any atom is 0.246 e. The first-order valence-corrected chi connectivity index (χ1v) is 4.89. The molecule has 0 rings (SSSR count). The van der Waals surface area contributed by atoms with Crippen molar-refractivity contribution < 1.29 is 14.1 Å². The maximum atomic E-state index is 11.7. The van der Waals surface area contributed by atoms with Crippen LogP contribution in [-0.4, -0.2) is 74.5 Å². The number of quaternary nitrogens is 1. The number of hydrogen-bond donors (Lipinski definition) is 0. The third-order valence-corrected chi connectivity index (χ3v) is 1.97. The van der Waals surface area contributed by atoms with E-state index in [2.05, 4.69) is 0 Å². The van der Waals surface area contributed by atoms with Crippen LogP contribution in [0.2, 0.25) is 0 Å². The summed E-state index contributed by atoms with van der Waals surface area (Å²) in [4.78, 5) is 25.6. The van der Waals surface area contributed by atoms with Crippen LogP contribution in [0, 0.1) is 0 Å². The Balaban J connectivity index is 4.17. The molecule has 0 aliphatic carbocycles. The lowest BCUT2D eigenvalue weighted by Crippen LogP contribution is -2.48. The zero-order valence-electron chi connectivity index (χ0n) is 10.6. The van der Waals surface area contributed by atoms with Crippen LogP contribution in [0.3, 0.4) is 0 Å². The van der Waals surface area contributed by atoms with Gasteiger partial charge in [0.05, 0.1) is 27.7 Å². The van der Waals surface area contributed by atoms with Gasteiger partial charge < -0.3 is 9.38 Å². The number of carbonyl (C=O) groups is 2. The molecular formula is C10H22N3O2+. The topological polar surface area (TPSA) is 40.6 Å². The molecule has 15 heavy (non-hydrogen) atoms. The van der Waals surface area contributed by atoms with Crippen LogP contribution in [-0.2, 0) is 9.59 Å². The summed E-state index contributed by atoms with van der Waals surface area (Å²) in [6.45, 7) is 2.23. The predicted molar refractivity (Wildman–Crippen MR) is 59.0 cm³/mol. The van der Waals surface area contributed by atoms with Gasteiger partial charge in [0.2, 0.25) is 11.8 Å². The van der Waals surface area contributed by atoms with Gasteiger partial charge in [0.1, 0.15) is 0 Å². The molecule has 0 saturated carbocycles. The van der Waals surface area contributed by atoms with Gasteiger partial charge in [-0.2, -0.15) is 0 Å². The molecule has 5 nitrogen and oxygen atoms in total. The molecule has 0 atom stereocenters. The molecule has 0 fully saturated rings. The molecule has 0 saturated heterocycles. The largest absolute Gasteiger partial charge is 0.337 e. The highest BCUT2D eigenvalue weighted by atomic mass is 16.2. The smallest absolute Gasteiger partial charge is 0.246 e. The fourth-order valence-electron chi connectivity index (χ4n) is 1.15. The van der Waals surface area contributed by atoms with Crippen molar-refractivity contribution in [3.8, 4) is 0 Å². The lowest BCUT2D eigenvalue weighted by atomic mass is 10.4. The third-order valence-electron chi connectivity index (χ3n) is 1.97. The minimum absolute atomic E-state index is 0.0410. The molecule has 88 valence electrons. The molecule has 0 bridgehead atoms. The van der Waals surface area contributed by atoms with E-state index in [1.165, 1.54) is 11.8 Å². The molecule has 0 spiro atoms. The van der Waals surface area contributed by atoms with Gasteiger partial charge in [0.15, 0.2) is 6.67 Å². The van der Waals surface area contributed by atoms with Crippen molar-refractivity contribution in [1.82, 2.24) is 9.80 Å². The van der Waals surface area contributed by atoms with Crippen molar-refractivity contribution in [3.05, 3.63) is 0 Å². The van der Waals surface area contributed by atoms with Gasteiger partial charge in [-0.25, -0.2) is 0 Å². The van der Waals surface area contributed by atoms with Crippen molar-refractivity contribution in [2.24, 2.45) is 0 Å². The van der Waals surface area contributed by atoms with Crippen molar-refractivity contribution in [2.45, 2.75) is 6.92 Å². The highest BCUT2D eigenvalue weighted by Crippen LogP contribution is 1.96. The molecule has 0 aromatic heterocycles. The summed E-state index contributed by atoms with van der Waals surface area (Å²) < 4.78 is 0.687. The number of nitrogens with zero attached hydrogens (tertiary/aromatic N) is 3. The van der Waals surface area contributed by atoms with Gasteiger partial charge in [-0.05, 0) is 0 Å². The molecule has 0 N–H and O–H groups in total. The summed E-state index contributed by atoms with van der Waals surface area (Å²) in [5, 5.41) is 0. The van der Waals surface area contributed by atoms with Crippen LogP contribution in [0.5, 0.6) is 0 Å². The van der Waals surface area contributed by atoms with Crippen LogP contribution in [0.15, 0.2) is 0 Å². The van der Waals surface area contributed by atoms with Crippen molar-refractivity contribution >= 4 is 11.8 Å². The van der Waals surface area contributed by atoms with Gasteiger partial charge in [0, 0.05) is 21.0 Å². The van der Waals surface area contributed by atoms with E-state index in [-0.39, 0.29) is 18.4 Å². The van der Waals surface area contributed by atoms with Gasteiger partial charge in [-0.3, -0.25) is 14.5 Å². The first-order valence-electron chi connectivity index (χ1n) is 4.89. The Labute approximate surface area is 91.8 Å². The molecule has 0 aromatic rings. The first-order chi connectivity index (χ1) is 6.63. The lowest BCUT2D eigenvalue weighted by molar-refractivity contribution is -0.879. The zero-order chi connectivity index (χ0) is 12.2. The Kier molecular flexibility index (Phi) is 4.74. The van der Waals surface area contributed by atoms with Crippen molar-refractivity contribution in [1.29, 1.82) is 0 Å². The highest BCUT2D eigenvalue weighted by molar-refractivity contribution is 5.83. The Morgan fingerprint density at radius 1 is 1.07 bits per heavy atom. The molecule has 0 aliphatic heterocycles. The van der Waals surface area contributed by atoms with E-state index in [0.717, 1.165) is 0 Å². The monoisotopic (exact) mass is 216 g/mol. The minimum Gasteiger partial charge on any atom is -0.337 e. The number of hydrogen-bond acceptors (Lipinski definition) is 2. The van der Waals surface area contributed by atoms with Crippen LogP contribution < -0.4 is 0 Å². The van der Waals surface area contributed by atoms with E-state index < -0.39 is 0 Å². The summed E-state index contributed by atoms with van der Waals surface area (Å²) in [5.74, 6) is -0.136. The van der Waals surface area contributed by atoms with Gasteiger partial charge in [-0.15, -0.1) is 0 Å². The Morgan fingerprint density at radius 2 is 1.53 bits per heavy atom. The number of carbonyl (C=O) groups excluding carboxylic acids is 2. The normalized spacial score (nSPS) is 11.1. The van der Waals surface area contributed by atoms with Gasteiger partial charge in [0.25, 0.3) is 0 Å². The number of rotatable bonds is 4.